The van der Waals surface area contributed by atoms with Gasteiger partial charge in [0.05, 0.1) is 5.56 Å². The number of carbonyl (C=O) groups excluding carboxylic acids is 1. The normalized spacial score (nSPS) is 10.1. The monoisotopic (exact) mass is 280 g/mol. The average Bonchev–Trinajstić information content (AvgIpc) is 2.38. The first kappa shape index (κ1) is 12.9. The van der Waals surface area contributed by atoms with E-state index in [1.807, 2.05) is 30.3 Å². The van der Waals surface area contributed by atoms with Gasteiger partial charge in [-0.1, -0.05) is 41.9 Å². The predicted octanol–water partition coefficient (Wildman–Crippen LogP) is 4.30. The third kappa shape index (κ3) is 3.25. The lowest BCUT2D eigenvalue weighted by Gasteiger charge is -2.09. The highest BCUT2D eigenvalue weighted by atomic mass is 35.5. The van der Waals surface area contributed by atoms with Gasteiger partial charge >= 0.3 is 0 Å². The van der Waals surface area contributed by atoms with Gasteiger partial charge in [-0.05, 0) is 35.4 Å². The first-order chi connectivity index (χ1) is 8.66. The largest absolute Gasteiger partial charge is 0.488 e. The Morgan fingerprint density at radius 2 is 1.83 bits per heavy atom. The molecular formula is C14H10Cl2O2. The van der Waals surface area contributed by atoms with Gasteiger partial charge in [0.2, 0.25) is 0 Å². The lowest BCUT2D eigenvalue weighted by molar-refractivity contribution is 0.107. The maximum Gasteiger partial charge on any atom is 0.256 e. The number of carbonyl (C=O) groups is 1. The highest BCUT2D eigenvalue weighted by Gasteiger charge is 2.11. The summed E-state index contributed by atoms with van der Waals surface area (Å²) < 4.78 is 5.58. The molecule has 0 saturated carbocycles. The second-order valence-electron chi connectivity index (χ2n) is 3.69. The van der Waals surface area contributed by atoms with E-state index in [-0.39, 0.29) is 5.56 Å². The van der Waals surface area contributed by atoms with E-state index in [1.54, 1.807) is 12.1 Å². The molecule has 0 aliphatic carbocycles. The van der Waals surface area contributed by atoms with Crippen LogP contribution < -0.4 is 4.74 Å². The Balaban J connectivity index is 2.17. The van der Waals surface area contributed by atoms with Crippen LogP contribution in [0.2, 0.25) is 5.02 Å². The molecule has 0 fully saturated rings. The molecule has 2 rings (SSSR count). The molecule has 0 radical (unpaired) electrons. The molecule has 18 heavy (non-hydrogen) atoms. The molecule has 0 amide bonds. The van der Waals surface area contributed by atoms with Crippen LogP contribution in [0.3, 0.4) is 0 Å². The smallest absolute Gasteiger partial charge is 0.256 e. The van der Waals surface area contributed by atoms with Crippen LogP contribution >= 0.6 is 23.2 Å². The molecule has 0 saturated heterocycles. The van der Waals surface area contributed by atoms with Crippen molar-refractivity contribution < 1.29 is 9.53 Å². The molecule has 0 spiro atoms. The molecule has 0 aliphatic rings. The fourth-order valence-corrected chi connectivity index (χ4v) is 1.84. The first-order valence-electron chi connectivity index (χ1n) is 5.33. The number of halogens is 2. The predicted molar refractivity (Wildman–Crippen MR) is 72.4 cm³/mol. The second kappa shape index (κ2) is 5.89. The standard InChI is InChI=1S/C14H10Cl2O2/c15-11-6-7-13(12(8-11)14(16)17)18-9-10-4-2-1-3-5-10/h1-8H,9H2. The van der Waals surface area contributed by atoms with Crippen molar-refractivity contribution in [2.24, 2.45) is 0 Å². The summed E-state index contributed by atoms with van der Waals surface area (Å²) in [6.45, 7) is 0.375. The molecule has 2 aromatic rings. The maximum absolute atomic E-state index is 11.3. The van der Waals surface area contributed by atoms with Crippen LogP contribution in [0.1, 0.15) is 15.9 Å². The fourth-order valence-electron chi connectivity index (χ4n) is 1.52. The number of hydrogen-bond acceptors (Lipinski definition) is 2. The van der Waals surface area contributed by atoms with E-state index in [0.717, 1.165) is 5.56 Å². The summed E-state index contributed by atoms with van der Waals surface area (Å²) in [5.74, 6) is 0.434. The topological polar surface area (TPSA) is 26.3 Å². The van der Waals surface area contributed by atoms with Gasteiger partial charge < -0.3 is 4.74 Å². The quantitative estimate of drug-likeness (QED) is 0.781. The van der Waals surface area contributed by atoms with E-state index in [1.165, 1.54) is 6.07 Å². The lowest BCUT2D eigenvalue weighted by atomic mass is 10.2. The number of rotatable bonds is 4. The van der Waals surface area contributed by atoms with Crippen LogP contribution in [0.5, 0.6) is 5.75 Å². The minimum absolute atomic E-state index is 0.278. The molecule has 2 aromatic carbocycles. The van der Waals surface area contributed by atoms with Gasteiger partial charge in [0.15, 0.2) is 0 Å². The third-order valence-corrected chi connectivity index (χ3v) is 2.83. The highest BCUT2D eigenvalue weighted by molar-refractivity contribution is 6.68. The van der Waals surface area contributed by atoms with Crippen molar-refractivity contribution in [3.8, 4) is 5.75 Å². The molecule has 4 heteroatoms. The van der Waals surface area contributed by atoms with E-state index in [9.17, 15) is 4.79 Å². The Labute approximate surface area is 115 Å². The summed E-state index contributed by atoms with van der Waals surface area (Å²) in [6.07, 6.45) is 0. The van der Waals surface area contributed by atoms with Crippen molar-refractivity contribution in [1.29, 1.82) is 0 Å². The van der Waals surface area contributed by atoms with Crippen LogP contribution in [0.15, 0.2) is 48.5 Å². The summed E-state index contributed by atoms with van der Waals surface area (Å²) in [6, 6.07) is 14.5. The summed E-state index contributed by atoms with van der Waals surface area (Å²) in [4.78, 5) is 11.3. The Morgan fingerprint density at radius 1 is 1.11 bits per heavy atom. The minimum atomic E-state index is -0.583. The summed E-state index contributed by atoms with van der Waals surface area (Å²) in [7, 11) is 0. The molecule has 0 atom stereocenters. The van der Waals surface area contributed by atoms with E-state index >= 15 is 0 Å². The van der Waals surface area contributed by atoms with Crippen LogP contribution in [0, 0.1) is 0 Å². The zero-order valence-electron chi connectivity index (χ0n) is 9.40. The molecule has 0 bridgehead atoms. The Kier molecular flexibility index (Phi) is 4.24. The van der Waals surface area contributed by atoms with E-state index < -0.39 is 5.24 Å². The Hall–Kier alpha value is -1.51. The highest BCUT2D eigenvalue weighted by Crippen LogP contribution is 2.25. The van der Waals surface area contributed by atoms with Gasteiger partial charge in [-0.2, -0.15) is 0 Å². The molecule has 0 N–H and O–H groups in total. The average molecular weight is 281 g/mol. The van der Waals surface area contributed by atoms with Crippen molar-refractivity contribution >= 4 is 28.4 Å². The third-order valence-electron chi connectivity index (χ3n) is 2.39. The van der Waals surface area contributed by atoms with Gasteiger partial charge in [-0.3, -0.25) is 4.79 Å². The molecule has 92 valence electrons. The second-order valence-corrected chi connectivity index (χ2v) is 4.47. The van der Waals surface area contributed by atoms with Gasteiger partial charge in [0.1, 0.15) is 12.4 Å². The summed E-state index contributed by atoms with van der Waals surface area (Å²) in [5.41, 5.74) is 1.29. The molecular weight excluding hydrogens is 271 g/mol. The molecule has 0 aliphatic heterocycles. The number of hydrogen-bond donors (Lipinski definition) is 0. The SMILES string of the molecule is O=C(Cl)c1cc(Cl)ccc1OCc1ccccc1. The summed E-state index contributed by atoms with van der Waals surface area (Å²) in [5, 5.41) is -0.133. The minimum Gasteiger partial charge on any atom is -0.488 e. The number of benzene rings is 2. The van der Waals surface area contributed by atoms with Crippen molar-refractivity contribution in [2.75, 3.05) is 0 Å². The maximum atomic E-state index is 11.3. The van der Waals surface area contributed by atoms with Gasteiger partial charge in [-0.25, -0.2) is 0 Å². The molecule has 0 heterocycles. The van der Waals surface area contributed by atoms with E-state index in [2.05, 4.69) is 0 Å². The number of ether oxygens (including phenoxy) is 1. The van der Waals surface area contributed by atoms with Crippen molar-refractivity contribution in [2.45, 2.75) is 6.61 Å². The lowest BCUT2D eigenvalue weighted by Crippen LogP contribution is -2.00. The van der Waals surface area contributed by atoms with Crippen LogP contribution in [-0.2, 0) is 6.61 Å². The van der Waals surface area contributed by atoms with Gasteiger partial charge in [0, 0.05) is 5.02 Å². The van der Waals surface area contributed by atoms with Crippen LogP contribution in [0.25, 0.3) is 0 Å². The Morgan fingerprint density at radius 3 is 2.50 bits per heavy atom. The van der Waals surface area contributed by atoms with Crippen LogP contribution in [-0.4, -0.2) is 5.24 Å². The molecule has 0 unspecified atom stereocenters. The first-order valence-corrected chi connectivity index (χ1v) is 6.08. The summed E-state index contributed by atoms with van der Waals surface area (Å²) >= 11 is 11.3. The Bertz CT molecular complexity index is 553. The van der Waals surface area contributed by atoms with E-state index in [4.69, 9.17) is 27.9 Å². The van der Waals surface area contributed by atoms with Crippen molar-refractivity contribution in [3.05, 3.63) is 64.7 Å². The zero-order valence-corrected chi connectivity index (χ0v) is 10.9. The molecule has 0 aromatic heterocycles. The van der Waals surface area contributed by atoms with Gasteiger partial charge in [-0.15, -0.1) is 0 Å². The van der Waals surface area contributed by atoms with Gasteiger partial charge in [0.25, 0.3) is 5.24 Å². The zero-order chi connectivity index (χ0) is 13.0. The van der Waals surface area contributed by atoms with E-state index in [0.29, 0.717) is 17.4 Å². The molecule has 2 nitrogen and oxygen atoms in total. The van der Waals surface area contributed by atoms with Crippen molar-refractivity contribution in [1.82, 2.24) is 0 Å². The van der Waals surface area contributed by atoms with Crippen LogP contribution in [0.4, 0.5) is 0 Å². The van der Waals surface area contributed by atoms with Crippen molar-refractivity contribution in [3.63, 3.8) is 0 Å². The fraction of sp³-hybridized carbons (Fsp3) is 0.0714.